The average Bonchev–Trinajstić information content (AvgIpc) is 2.90. The van der Waals surface area contributed by atoms with Crippen LogP contribution in [0.3, 0.4) is 0 Å². The van der Waals surface area contributed by atoms with Crippen LogP contribution < -0.4 is 4.74 Å². The largest absolute Gasteiger partial charge is 0.573 e. The zero-order valence-electron chi connectivity index (χ0n) is 25.9. The number of hydrogen-bond acceptors (Lipinski definition) is 1. The highest BCUT2D eigenvalue weighted by Crippen LogP contribution is 2.39. The van der Waals surface area contributed by atoms with Gasteiger partial charge in [0.2, 0.25) is 0 Å². The number of rotatable bonds is 6. The number of aryl methyl sites for hydroxylation is 5. The van der Waals surface area contributed by atoms with E-state index >= 15 is 0 Å². The third-order valence-electron chi connectivity index (χ3n) is 7.86. The minimum absolute atomic E-state index is 0.0715. The van der Waals surface area contributed by atoms with Gasteiger partial charge in [0.05, 0.1) is 0 Å². The Morgan fingerprint density at radius 3 is 1.27 bits per heavy atom. The first-order valence-electron chi connectivity index (χ1n) is 14.3. The Balaban J connectivity index is 0.000000241. The van der Waals surface area contributed by atoms with Gasteiger partial charge in [0.15, 0.2) is 0 Å². The molecule has 0 saturated carbocycles. The van der Waals surface area contributed by atoms with Crippen molar-refractivity contribution in [3.63, 3.8) is 0 Å². The molecule has 4 heteroatoms. The van der Waals surface area contributed by atoms with E-state index < -0.39 is 6.36 Å². The van der Waals surface area contributed by atoms with Crippen LogP contribution in [0.2, 0.25) is 0 Å². The average molecular weight is 561 g/mol. The van der Waals surface area contributed by atoms with Gasteiger partial charge in [-0.25, -0.2) is 0 Å². The van der Waals surface area contributed by atoms with Crippen LogP contribution in [0.4, 0.5) is 13.2 Å². The van der Waals surface area contributed by atoms with Crippen LogP contribution in [-0.2, 0) is 6.42 Å². The van der Waals surface area contributed by atoms with Crippen molar-refractivity contribution in [1.29, 1.82) is 0 Å². The number of ether oxygens (including phenoxy) is 1. The molecular weight excluding hydrogens is 517 g/mol. The lowest BCUT2D eigenvalue weighted by molar-refractivity contribution is -0.275. The summed E-state index contributed by atoms with van der Waals surface area (Å²) in [5, 5.41) is 0. The fraction of sp³-hybridized carbons (Fsp3) is 0.351. The topological polar surface area (TPSA) is 9.23 Å². The highest BCUT2D eigenvalue weighted by molar-refractivity contribution is 5.82. The maximum absolute atomic E-state index is 12.2. The predicted octanol–water partition coefficient (Wildman–Crippen LogP) is 11.4. The summed E-state index contributed by atoms with van der Waals surface area (Å²) in [6.07, 6.45) is -1.62. The molecule has 0 aliphatic rings. The van der Waals surface area contributed by atoms with Gasteiger partial charge in [0, 0.05) is 0 Å². The van der Waals surface area contributed by atoms with Crippen molar-refractivity contribution in [3.05, 3.63) is 111 Å². The Morgan fingerprint density at radius 2 is 0.951 bits per heavy atom. The van der Waals surface area contributed by atoms with Gasteiger partial charge in [0.25, 0.3) is 0 Å². The molecule has 0 atom stereocenters. The number of unbranched alkanes of at least 4 members (excludes halogenated alkanes) is 1. The second-order valence-electron chi connectivity index (χ2n) is 11.2. The van der Waals surface area contributed by atoms with E-state index in [-0.39, 0.29) is 5.75 Å². The number of benzene rings is 4. The Kier molecular flexibility index (Phi) is 10.5. The zero-order chi connectivity index (χ0) is 30.5. The smallest absolute Gasteiger partial charge is 0.405 e. The molecule has 0 amide bonds. The van der Waals surface area contributed by atoms with Crippen molar-refractivity contribution in [1.82, 2.24) is 0 Å². The molecule has 0 aromatic heterocycles. The monoisotopic (exact) mass is 560 g/mol. The first-order valence-corrected chi connectivity index (χ1v) is 14.3. The van der Waals surface area contributed by atoms with Crippen molar-refractivity contribution in [2.75, 3.05) is 0 Å². The van der Waals surface area contributed by atoms with Gasteiger partial charge < -0.3 is 4.74 Å². The third kappa shape index (κ3) is 8.03. The molecular formula is C37H43F3O. The minimum Gasteiger partial charge on any atom is -0.405 e. The summed E-state index contributed by atoms with van der Waals surface area (Å²) in [4.78, 5) is 0. The van der Waals surface area contributed by atoms with Gasteiger partial charge >= 0.3 is 6.36 Å². The molecule has 0 saturated heterocycles. The van der Waals surface area contributed by atoms with E-state index in [0.29, 0.717) is 11.1 Å². The summed E-state index contributed by atoms with van der Waals surface area (Å²) in [7, 11) is 0. The lowest BCUT2D eigenvalue weighted by Crippen LogP contribution is -2.18. The van der Waals surface area contributed by atoms with Crippen molar-refractivity contribution in [2.24, 2.45) is 0 Å². The molecule has 0 aliphatic carbocycles. The van der Waals surface area contributed by atoms with E-state index in [1.54, 1.807) is 26.0 Å². The van der Waals surface area contributed by atoms with Gasteiger partial charge in [-0.05, 0) is 129 Å². The molecule has 0 N–H and O–H groups in total. The summed E-state index contributed by atoms with van der Waals surface area (Å²) < 4.78 is 40.6. The molecule has 0 heterocycles. The first-order chi connectivity index (χ1) is 19.2. The van der Waals surface area contributed by atoms with Crippen molar-refractivity contribution in [3.8, 4) is 28.0 Å². The molecule has 4 aromatic rings. The Morgan fingerprint density at radius 1 is 0.585 bits per heavy atom. The summed E-state index contributed by atoms with van der Waals surface area (Å²) in [5.74, 6) is -0.0715. The quantitative estimate of drug-likeness (QED) is 0.228. The molecule has 0 unspecified atom stereocenters. The van der Waals surface area contributed by atoms with Crippen LogP contribution in [0.5, 0.6) is 5.75 Å². The Bertz CT molecular complexity index is 1350. The minimum atomic E-state index is -4.62. The van der Waals surface area contributed by atoms with Gasteiger partial charge in [-0.3, -0.25) is 0 Å². The summed E-state index contributed by atoms with van der Waals surface area (Å²) in [5.41, 5.74) is 15.7. The fourth-order valence-corrected chi connectivity index (χ4v) is 5.46. The van der Waals surface area contributed by atoms with E-state index in [4.69, 9.17) is 0 Å². The van der Waals surface area contributed by atoms with Crippen molar-refractivity contribution < 1.29 is 17.9 Å². The molecule has 41 heavy (non-hydrogen) atoms. The molecule has 1 nitrogen and oxygen atoms in total. The van der Waals surface area contributed by atoms with Crippen LogP contribution in [0.1, 0.15) is 69.8 Å². The molecule has 4 aromatic carbocycles. The van der Waals surface area contributed by atoms with Crippen molar-refractivity contribution in [2.45, 2.75) is 87.9 Å². The molecule has 0 spiro atoms. The second kappa shape index (κ2) is 13.4. The first kappa shape index (κ1) is 32.0. The van der Waals surface area contributed by atoms with Gasteiger partial charge in [-0.2, -0.15) is 0 Å². The van der Waals surface area contributed by atoms with Crippen LogP contribution in [0.15, 0.2) is 60.7 Å². The highest BCUT2D eigenvalue weighted by Gasteiger charge is 2.32. The van der Waals surface area contributed by atoms with E-state index in [0.717, 1.165) is 24.8 Å². The number of alkyl halides is 3. The van der Waals surface area contributed by atoms with Gasteiger partial charge in [0.1, 0.15) is 5.75 Å². The molecule has 218 valence electrons. The van der Waals surface area contributed by atoms with Crippen LogP contribution in [0, 0.1) is 55.4 Å². The van der Waals surface area contributed by atoms with Crippen LogP contribution >= 0.6 is 0 Å². The Hall–Kier alpha value is -3.53. The van der Waals surface area contributed by atoms with Crippen LogP contribution in [-0.4, -0.2) is 6.36 Å². The Labute approximate surface area is 244 Å². The predicted molar refractivity (Wildman–Crippen MR) is 167 cm³/mol. The number of hydrogen-bond donors (Lipinski definition) is 0. The lowest BCUT2D eigenvalue weighted by Gasteiger charge is -2.21. The van der Waals surface area contributed by atoms with Gasteiger partial charge in [-0.15, -0.1) is 13.2 Å². The highest BCUT2D eigenvalue weighted by atomic mass is 19.4. The maximum atomic E-state index is 12.2. The normalized spacial score (nSPS) is 11.2. The maximum Gasteiger partial charge on any atom is 0.573 e. The molecule has 0 aliphatic heterocycles. The lowest BCUT2D eigenvalue weighted by atomic mass is 9.83. The van der Waals surface area contributed by atoms with E-state index in [2.05, 4.69) is 102 Å². The molecule has 0 radical (unpaired) electrons. The van der Waals surface area contributed by atoms with E-state index in [1.165, 1.54) is 55.6 Å². The standard InChI is InChI=1S/C24H26.C13H17F3O/c1-15-7-11-21(12-8-15)23-17(3)19(5)24(20(6)18(23)4)22-13-9-16(2)10-14-22;1-4-5-6-11-7-9(2)12(10(3)8-11)17-13(14,15)16/h7-14H,1-6H3;7-8H,4-6H2,1-3H3. The van der Waals surface area contributed by atoms with Crippen molar-refractivity contribution >= 4 is 0 Å². The van der Waals surface area contributed by atoms with E-state index in [1.807, 2.05) is 0 Å². The van der Waals surface area contributed by atoms with E-state index in [9.17, 15) is 13.2 Å². The van der Waals surface area contributed by atoms with Crippen LogP contribution in [0.25, 0.3) is 22.3 Å². The molecule has 0 fully saturated rings. The molecule has 4 rings (SSSR count). The summed E-state index contributed by atoms with van der Waals surface area (Å²) >= 11 is 0. The third-order valence-corrected chi connectivity index (χ3v) is 7.86. The molecule has 0 bridgehead atoms. The second-order valence-corrected chi connectivity index (χ2v) is 11.2. The van der Waals surface area contributed by atoms with Gasteiger partial charge in [-0.1, -0.05) is 85.1 Å². The SMILES string of the molecule is CCCCc1cc(C)c(OC(F)(F)F)c(C)c1.Cc1ccc(-c2c(C)c(C)c(-c3ccc(C)cc3)c(C)c2C)cc1. The summed E-state index contributed by atoms with van der Waals surface area (Å²) in [6, 6.07) is 21.3. The fourth-order valence-electron chi connectivity index (χ4n) is 5.46. The summed E-state index contributed by atoms with van der Waals surface area (Å²) in [6.45, 7) is 18.7. The number of halogens is 3. The zero-order valence-corrected chi connectivity index (χ0v) is 25.9.